The van der Waals surface area contributed by atoms with E-state index in [4.69, 9.17) is 4.42 Å². The Bertz CT molecular complexity index is 1370. The second kappa shape index (κ2) is 10.0. The average Bonchev–Trinajstić information content (AvgIpc) is 3.40. The maximum atomic E-state index is 6.46. The molecule has 0 unspecified atom stereocenters. The Morgan fingerprint density at radius 1 is 0.500 bits per heavy atom. The Hall–Kier alpha value is -3.49. The predicted octanol–water partition coefficient (Wildman–Crippen LogP) is 10.3. The third-order valence-corrected chi connectivity index (χ3v) is 8.41. The van der Waals surface area contributed by atoms with E-state index in [0.717, 1.165) is 11.5 Å². The van der Waals surface area contributed by atoms with Crippen LogP contribution in [-0.4, -0.2) is 0 Å². The molecule has 0 N–H and O–H groups in total. The zero-order valence-corrected chi connectivity index (χ0v) is 24.1. The van der Waals surface area contributed by atoms with Gasteiger partial charge in [0.2, 0.25) is 0 Å². The number of rotatable bonds is 5. The fourth-order valence-corrected chi connectivity index (χ4v) is 6.32. The highest BCUT2D eigenvalue weighted by Crippen LogP contribution is 2.49. The minimum Gasteiger partial charge on any atom is -0.217 e. The molecule has 2 aromatic heterocycles. The maximum absolute atomic E-state index is 6.46. The average molecular weight is 518 g/mol. The number of hydrogen-bond donors (Lipinski definition) is 0. The maximum Gasteiger partial charge on any atom is 0.335 e. The van der Waals surface area contributed by atoms with Crippen LogP contribution in [-0.2, 0) is 16.2 Å². The Labute approximate surface area is 231 Å². The lowest BCUT2D eigenvalue weighted by molar-refractivity contribution is 0.329. The number of hydrogen-bond acceptors (Lipinski definition) is 1. The van der Waals surface area contributed by atoms with Gasteiger partial charge in [-0.05, 0) is 70.4 Å². The van der Waals surface area contributed by atoms with Crippen LogP contribution in [0, 0.1) is 0 Å². The summed E-state index contributed by atoms with van der Waals surface area (Å²) in [4.78, 5) is 2.55. The van der Waals surface area contributed by atoms with Crippen LogP contribution in [0.15, 0.2) is 120 Å². The third-order valence-electron chi connectivity index (χ3n) is 7.15. The van der Waals surface area contributed by atoms with Crippen LogP contribution in [0.25, 0.3) is 10.4 Å². The van der Waals surface area contributed by atoms with Gasteiger partial charge < -0.3 is 0 Å². The van der Waals surface area contributed by atoms with Crippen LogP contribution in [0.3, 0.4) is 0 Å². The number of thiophene rings is 1. The molecule has 3 aromatic carbocycles. The van der Waals surface area contributed by atoms with Crippen molar-refractivity contribution >= 4 is 11.3 Å². The van der Waals surface area contributed by atoms with Gasteiger partial charge in [0.05, 0.1) is 16.2 Å². The largest absolute Gasteiger partial charge is 0.335 e. The second-order valence-electron chi connectivity index (χ2n) is 12.1. The van der Waals surface area contributed by atoms with Crippen LogP contribution in [0.1, 0.15) is 74.6 Å². The molecule has 5 aromatic rings. The molecular formula is C36H37OS+. The molecule has 0 aliphatic carbocycles. The summed E-state index contributed by atoms with van der Waals surface area (Å²) in [6.45, 7) is 13.3. The van der Waals surface area contributed by atoms with Crippen molar-refractivity contribution in [2.45, 2.75) is 57.8 Å². The van der Waals surface area contributed by atoms with E-state index < -0.39 is 5.41 Å². The first-order valence-corrected chi connectivity index (χ1v) is 14.2. The fraction of sp³-hybridized carbons (Fsp3) is 0.250. The Morgan fingerprint density at radius 2 is 0.895 bits per heavy atom. The summed E-state index contributed by atoms with van der Waals surface area (Å²) in [7, 11) is 0. The highest BCUT2D eigenvalue weighted by atomic mass is 32.1. The van der Waals surface area contributed by atoms with E-state index in [-0.39, 0.29) is 10.8 Å². The molecule has 0 spiro atoms. The van der Waals surface area contributed by atoms with Crippen molar-refractivity contribution in [2.24, 2.45) is 0 Å². The lowest BCUT2D eigenvalue weighted by Gasteiger charge is -2.35. The summed E-state index contributed by atoms with van der Waals surface area (Å²) in [5.41, 5.74) is 4.41. The Kier molecular flexibility index (Phi) is 6.88. The van der Waals surface area contributed by atoms with Crippen LogP contribution in [0.4, 0.5) is 0 Å². The molecule has 0 atom stereocenters. The molecule has 0 amide bonds. The lowest BCUT2D eigenvalue weighted by Crippen LogP contribution is -2.29. The molecule has 2 heterocycles. The number of benzene rings is 3. The summed E-state index contributed by atoms with van der Waals surface area (Å²) >= 11 is 1.87. The van der Waals surface area contributed by atoms with Gasteiger partial charge in [0.1, 0.15) is 0 Å². The highest BCUT2D eigenvalue weighted by molar-refractivity contribution is 7.15. The standard InChI is InChI=1S/C36H37OS/c1-34(2,3)31-24-26(25-32(37-31)35(4,5)6)30-22-23-33(38-30)36(27-16-10-7-11-17-27,28-18-12-8-13-19-28)29-20-14-9-15-21-29/h7-25H,1-6H3/q+1. The molecule has 0 aliphatic heterocycles. The van der Waals surface area contributed by atoms with Gasteiger partial charge >= 0.3 is 11.5 Å². The van der Waals surface area contributed by atoms with Crippen molar-refractivity contribution in [2.75, 3.05) is 0 Å². The molecule has 0 saturated heterocycles. The van der Waals surface area contributed by atoms with Gasteiger partial charge in [0.25, 0.3) is 0 Å². The summed E-state index contributed by atoms with van der Waals surface area (Å²) in [6, 6.07) is 41.8. The summed E-state index contributed by atoms with van der Waals surface area (Å²) in [6.07, 6.45) is 0. The summed E-state index contributed by atoms with van der Waals surface area (Å²) in [5.74, 6) is 2.02. The summed E-state index contributed by atoms with van der Waals surface area (Å²) < 4.78 is 6.46. The van der Waals surface area contributed by atoms with Crippen molar-refractivity contribution in [3.05, 3.63) is 148 Å². The van der Waals surface area contributed by atoms with Gasteiger partial charge in [-0.3, -0.25) is 0 Å². The molecule has 38 heavy (non-hydrogen) atoms. The van der Waals surface area contributed by atoms with E-state index in [1.54, 1.807) is 0 Å². The minimum absolute atomic E-state index is 0.0853. The van der Waals surface area contributed by atoms with Crippen molar-refractivity contribution in [1.82, 2.24) is 0 Å². The molecule has 1 nitrogen and oxygen atoms in total. The van der Waals surface area contributed by atoms with Crippen molar-refractivity contribution < 1.29 is 4.42 Å². The van der Waals surface area contributed by atoms with E-state index in [0.29, 0.717) is 0 Å². The van der Waals surface area contributed by atoms with Gasteiger partial charge in [-0.1, -0.05) is 91.0 Å². The van der Waals surface area contributed by atoms with Crippen molar-refractivity contribution in [3.8, 4) is 10.4 Å². The monoisotopic (exact) mass is 517 g/mol. The van der Waals surface area contributed by atoms with E-state index in [2.05, 4.69) is 157 Å². The van der Waals surface area contributed by atoms with Gasteiger partial charge in [0.15, 0.2) is 0 Å². The first-order valence-electron chi connectivity index (χ1n) is 13.4. The zero-order chi connectivity index (χ0) is 27.0. The predicted molar refractivity (Wildman–Crippen MR) is 162 cm³/mol. The summed E-state index contributed by atoms with van der Waals surface area (Å²) in [5, 5.41) is 0. The smallest absolute Gasteiger partial charge is 0.217 e. The molecule has 0 aliphatic rings. The molecular weight excluding hydrogens is 480 g/mol. The van der Waals surface area contributed by atoms with Gasteiger partial charge in [-0.2, -0.15) is 0 Å². The second-order valence-corrected chi connectivity index (χ2v) is 13.2. The Balaban J connectivity index is 1.78. The first kappa shape index (κ1) is 26.1. The third kappa shape index (κ3) is 4.86. The van der Waals surface area contributed by atoms with Crippen LogP contribution < -0.4 is 0 Å². The minimum atomic E-state index is -0.425. The quantitative estimate of drug-likeness (QED) is 0.167. The van der Waals surface area contributed by atoms with E-state index in [1.807, 2.05) is 11.3 Å². The topological polar surface area (TPSA) is 11.3 Å². The molecule has 0 fully saturated rings. The molecule has 192 valence electrons. The molecule has 0 radical (unpaired) electrons. The van der Waals surface area contributed by atoms with Gasteiger partial charge in [-0.25, -0.2) is 4.42 Å². The van der Waals surface area contributed by atoms with E-state index in [1.165, 1.54) is 32.0 Å². The van der Waals surface area contributed by atoms with E-state index in [9.17, 15) is 0 Å². The molecule has 0 bridgehead atoms. The van der Waals surface area contributed by atoms with E-state index >= 15 is 0 Å². The van der Waals surface area contributed by atoms with Gasteiger partial charge in [-0.15, -0.1) is 11.3 Å². The van der Waals surface area contributed by atoms with Crippen LogP contribution >= 0.6 is 11.3 Å². The van der Waals surface area contributed by atoms with Gasteiger partial charge in [0, 0.05) is 27.5 Å². The molecule has 2 heteroatoms. The fourth-order valence-electron chi connectivity index (χ4n) is 5.07. The highest BCUT2D eigenvalue weighted by Gasteiger charge is 2.40. The molecule has 5 rings (SSSR count). The van der Waals surface area contributed by atoms with Crippen molar-refractivity contribution in [3.63, 3.8) is 0 Å². The lowest BCUT2D eigenvalue weighted by atomic mass is 9.68. The zero-order valence-electron chi connectivity index (χ0n) is 23.3. The molecule has 0 saturated carbocycles. The van der Waals surface area contributed by atoms with Crippen LogP contribution in [0.2, 0.25) is 0 Å². The SMILES string of the molecule is CC(C)(C)c1cc(-c2ccc(C(c3ccccc3)(c3ccccc3)c3ccccc3)s2)cc(C(C)(C)C)[o+]1. The first-order chi connectivity index (χ1) is 18.1. The van der Waals surface area contributed by atoms with Crippen molar-refractivity contribution in [1.29, 1.82) is 0 Å². The Morgan fingerprint density at radius 3 is 1.26 bits per heavy atom. The van der Waals surface area contributed by atoms with Crippen LogP contribution in [0.5, 0.6) is 0 Å². The normalized spacial score (nSPS) is 12.5.